The van der Waals surface area contributed by atoms with Crippen molar-refractivity contribution in [3.8, 4) is 6.07 Å². The fraction of sp³-hybridized carbons (Fsp3) is 0.679. The quantitative estimate of drug-likeness (QED) is 0.447. The van der Waals surface area contributed by atoms with E-state index in [1.807, 2.05) is 18.2 Å². The minimum Gasteiger partial charge on any atom is -0.378 e. The van der Waals surface area contributed by atoms with Gasteiger partial charge in [-0.2, -0.15) is 5.26 Å². The predicted octanol–water partition coefficient (Wildman–Crippen LogP) is 2.91. The molecule has 1 aromatic carbocycles. The number of guanidine groups is 1. The summed E-state index contributed by atoms with van der Waals surface area (Å²) in [5.41, 5.74) is 0.337. The van der Waals surface area contributed by atoms with Crippen LogP contribution in [0.3, 0.4) is 0 Å². The summed E-state index contributed by atoms with van der Waals surface area (Å²) in [6.07, 6.45) is 8.13. The van der Waals surface area contributed by atoms with E-state index in [1.54, 1.807) is 0 Å². The molecule has 8 nitrogen and oxygen atoms in total. The number of hydrogen-bond acceptors (Lipinski definition) is 5. The highest BCUT2D eigenvalue weighted by molar-refractivity contribution is 5.89. The van der Waals surface area contributed by atoms with Crippen LogP contribution < -0.4 is 10.6 Å². The van der Waals surface area contributed by atoms with Gasteiger partial charge in [0.1, 0.15) is 11.6 Å². The minimum absolute atomic E-state index is 0.0765. The van der Waals surface area contributed by atoms with Gasteiger partial charge in [0.2, 0.25) is 5.91 Å². The molecule has 3 fully saturated rings. The molecule has 2 heterocycles. The van der Waals surface area contributed by atoms with Crippen LogP contribution in [0.25, 0.3) is 0 Å². The van der Waals surface area contributed by atoms with E-state index in [0.717, 1.165) is 57.0 Å². The lowest BCUT2D eigenvalue weighted by molar-refractivity contribution is -0.125. The number of amides is 1. The van der Waals surface area contributed by atoms with E-state index in [4.69, 9.17) is 9.73 Å². The number of piperidine rings is 1. The smallest absolute Gasteiger partial charge is 0.243 e. The number of rotatable bonds is 7. The van der Waals surface area contributed by atoms with Crippen LogP contribution in [0.15, 0.2) is 35.3 Å². The lowest BCUT2D eigenvalue weighted by Gasteiger charge is -2.38. The molecule has 0 unspecified atom stereocenters. The van der Waals surface area contributed by atoms with Crippen LogP contribution in [0.2, 0.25) is 0 Å². The molecule has 2 N–H and O–H groups in total. The first-order valence-corrected chi connectivity index (χ1v) is 13.7. The van der Waals surface area contributed by atoms with Crippen LogP contribution in [0.4, 0.5) is 0 Å². The first-order chi connectivity index (χ1) is 17.6. The van der Waals surface area contributed by atoms with Crippen molar-refractivity contribution in [1.82, 2.24) is 20.4 Å². The van der Waals surface area contributed by atoms with Crippen LogP contribution in [-0.2, 0) is 16.1 Å². The van der Waals surface area contributed by atoms with Gasteiger partial charge in [0.05, 0.1) is 25.8 Å². The molecule has 8 heteroatoms. The molecule has 2 aliphatic heterocycles. The molecule has 0 aromatic heterocycles. The van der Waals surface area contributed by atoms with Crippen LogP contribution in [0, 0.1) is 17.2 Å². The van der Waals surface area contributed by atoms with Crippen molar-refractivity contribution in [2.45, 2.75) is 69.5 Å². The summed E-state index contributed by atoms with van der Waals surface area (Å²) in [7, 11) is 2.06. The Morgan fingerprint density at radius 3 is 2.50 bits per heavy atom. The summed E-state index contributed by atoms with van der Waals surface area (Å²) in [4.78, 5) is 23.2. The highest BCUT2D eigenvalue weighted by atomic mass is 16.5. The normalized spacial score (nSPS) is 22.4. The van der Waals surface area contributed by atoms with E-state index < -0.39 is 11.6 Å². The third-order valence-electron chi connectivity index (χ3n) is 7.90. The summed E-state index contributed by atoms with van der Waals surface area (Å²) < 4.78 is 5.58. The number of ether oxygens (including phenoxy) is 1. The zero-order chi connectivity index (χ0) is 25.2. The number of morpholine rings is 1. The van der Waals surface area contributed by atoms with Crippen LogP contribution in [0.5, 0.6) is 0 Å². The number of nitrogens with one attached hydrogen (secondary N) is 2. The van der Waals surface area contributed by atoms with E-state index in [-0.39, 0.29) is 5.91 Å². The molecule has 196 valence electrons. The minimum atomic E-state index is -0.795. The molecule has 1 saturated carbocycles. The Bertz CT molecular complexity index is 894. The number of likely N-dealkylation sites (tertiary alicyclic amines) is 1. The van der Waals surface area contributed by atoms with Crippen molar-refractivity contribution in [3.05, 3.63) is 35.9 Å². The van der Waals surface area contributed by atoms with E-state index in [0.29, 0.717) is 38.5 Å². The molecule has 2 saturated heterocycles. The van der Waals surface area contributed by atoms with Gasteiger partial charge in [0.15, 0.2) is 5.96 Å². The Balaban J connectivity index is 1.53. The second-order valence-electron chi connectivity index (χ2n) is 10.6. The molecule has 1 aliphatic carbocycles. The summed E-state index contributed by atoms with van der Waals surface area (Å²) in [5.74, 6) is 1.19. The average Bonchev–Trinajstić information content (AvgIpc) is 2.93. The van der Waals surface area contributed by atoms with Gasteiger partial charge in [-0.15, -0.1) is 0 Å². The standard InChI is InChI=1S/C28H42N6O2/c1-33-14-12-28(22-29,13-15-33)32-26(35)25(20-23-8-4-2-5-9-23)31-27(34-16-18-36-19-17-34)30-21-24-10-6-3-7-11-24/h3,6-7,10-11,23,25H,2,4-5,8-9,12-21H2,1H3,(H,30,31)(H,32,35)/t25-/m0/s1. The molecule has 0 radical (unpaired) electrons. The number of benzene rings is 1. The third kappa shape index (κ3) is 7.44. The third-order valence-corrected chi connectivity index (χ3v) is 7.90. The number of aliphatic imine (C=N–C) groups is 1. The van der Waals surface area contributed by atoms with E-state index in [2.05, 4.69) is 45.7 Å². The van der Waals surface area contributed by atoms with E-state index >= 15 is 0 Å². The Morgan fingerprint density at radius 2 is 1.83 bits per heavy atom. The Kier molecular flexibility index (Phi) is 9.60. The second kappa shape index (κ2) is 13.1. The largest absolute Gasteiger partial charge is 0.378 e. The number of carbonyl (C=O) groups excluding carboxylic acids is 1. The molecule has 1 atom stereocenters. The number of nitrogens with zero attached hydrogens (tertiary/aromatic N) is 4. The number of hydrogen-bond donors (Lipinski definition) is 2. The van der Waals surface area contributed by atoms with Gasteiger partial charge in [-0.1, -0.05) is 62.4 Å². The number of nitriles is 1. The molecule has 0 spiro atoms. The van der Waals surface area contributed by atoms with Crippen molar-refractivity contribution >= 4 is 11.9 Å². The maximum atomic E-state index is 13.8. The summed E-state index contributed by atoms with van der Waals surface area (Å²) >= 11 is 0. The average molecular weight is 495 g/mol. The van der Waals surface area contributed by atoms with Gasteiger partial charge < -0.3 is 25.2 Å². The van der Waals surface area contributed by atoms with Gasteiger partial charge in [-0.05, 0) is 37.8 Å². The highest BCUT2D eigenvalue weighted by Gasteiger charge is 2.38. The summed E-state index contributed by atoms with van der Waals surface area (Å²) in [6, 6.07) is 12.2. The second-order valence-corrected chi connectivity index (χ2v) is 10.6. The van der Waals surface area contributed by atoms with Crippen molar-refractivity contribution in [2.24, 2.45) is 10.9 Å². The van der Waals surface area contributed by atoms with Crippen molar-refractivity contribution in [1.29, 1.82) is 5.26 Å². The SMILES string of the molecule is CN1CCC(C#N)(NC(=O)[C@H](CC2CCCCC2)NC(=NCc2ccccc2)N2CCOCC2)CC1. The maximum absolute atomic E-state index is 13.8. The molecule has 3 aliphatic rings. The van der Waals surface area contributed by atoms with Gasteiger partial charge in [-0.3, -0.25) is 4.79 Å². The fourth-order valence-electron chi connectivity index (χ4n) is 5.49. The highest BCUT2D eigenvalue weighted by Crippen LogP contribution is 2.28. The Labute approximate surface area is 216 Å². The fourth-order valence-corrected chi connectivity index (χ4v) is 5.49. The van der Waals surface area contributed by atoms with Gasteiger partial charge in [0, 0.05) is 26.2 Å². The van der Waals surface area contributed by atoms with Crippen molar-refractivity contribution in [2.75, 3.05) is 46.4 Å². The molecular weight excluding hydrogens is 452 g/mol. The zero-order valence-corrected chi connectivity index (χ0v) is 21.8. The van der Waals surface area contributed by atoms with Crippen LogP contribution >= 0.6 is 0 Å². The first-order valence-electron chi connectivity index (χ1n) is 13.7. The van der Waals surface area contributed by atoms with Crippen molar-refractivity contribution in [3.63, 3.8) is 0 Å². The molecular formula is C28H42N6O2. The summed E-state index contributed by atoms with van der Waals surface area (Å²) in [6.45, 7) is 4.96. The van der Waals surface area contributed by atoms with E-state index in [1.165, 1.54) is 19.3 Å². The maximum Gasteiger partial charge on any atom is 0.243 e. The lowest BCUT2D eigenvalue weighted by atomic mass is 9.84. The van der Waals surface area contributed by atoms with Gasteiger partial charge >= 0.3 is 0 Å². The zero-order valence-electron chi connectivity index (χ0n) is 21.8. The summed E-state index contributed by atoms with van der Waals surface area (Å²) in [5, 5.41) is 16.8. The number of carbonyl (C=O) groups is 1. The van der Waals surface area contributed by atoms with E-state index in [9.17, 15) is 10.1 Å². The van der Waals surface area contributed by atoms with Crippen LogP contribution in [0.1, 0.15) is 56.9 Å². The molecule has 1 aromatic rings. The first kappa shape index (κ1) is 26.4. The van der Waals surface area contributed by atoms with Gasteiger partial charge in [0.25, 0.3) is 0 Å². The van der Waals surface area contributed by atoms with Crippen molar-refractivity contribution < 1.29 is 9.53 Å². The molecule has 36 heavy (non-hydrogen) atoms. The predicted molar refractivity (Wildman–Crippen MR) is 141 cm³/mol. The van der Waals surface area contributed by atoms with Crippen LogP contribution in [-0.4, -0.2) is 79.7 Å². The van der Waals surface area contributed by atoms with Gasteiger partial charge in [-0.25, -0.2) is 4.99 Å². The molecule has 4 rings (SSSR count). The molecule has 1 amide bonds. The Hall–Kier alpha value is -2.63. The monoisotopic (exact) mass is 494 g/mol. The Morgan fingerprint density at radius 1 is 1.14 bits per heavy atom. The lowest BCUT2D eigenvalue weighted by Crippen LogP contribution is -2.60. The topological polar surface area (TPSA) is 93.0 Å². The molecule has 0 bridgehead atoms.